The third-order valence-corrected chi connectivity index (χ3v) is 4.77. The maximum Gasteiger partial charge on any atom is 0.287 e. The molecule has 0 fully saturated rings. The largest absolute Gasteiger partial charge is 0.349 e. The molecule has 0 saturated carbocycles. The molecule has 124 valence electrons. The van der Waals surface area contributed by atoms with E-state index >= 15 is 0 Å². The Morgan fingerprint density at radius 3 is 2.75 bits per heavy atom. The van der Waals surface area contributed by atoms with Crippen LogP contribution in [0.4, 0.5) is 10.1 Å². The van der Waals surface area contributed by atoms with Gasteiger partial charge in [0.2, 0.25) is 5.84 Å². The molecule has 1 aliphatic rings. The Hall–Kier alpha value is -2.74. The van der Waals surface area contributed by atoms with Crippen LogP contribution in [-0.4, -0.2) is 26.7 Å². The van der Waals surface area contributed by atoms with Crippen LogP contribution in [0.5, 0.6) is 0 Å². The molecule has 1 heterocycles. The van der Waals surface area contributed by atoms with Crippen molar-refractivity contribution in [2.75, 3.05) is 11.9 Å². The highest BCUT2D eigenvalue weighted by Crippen LogP contribution is 2.26. The topological polar surface area (TPSA) is 87.6 Å². The predicted octanol–water partition coefficient (Wildman–Crippen LogP) is 1.70. The molecule has 0 unspecified atom stereocenters. The van der Waals surface area contributed by atoms with E-state index in [1.54, 1.807) is 30.3 Å². The third kappa shape index (κ3) is 3.43. The van der Waals surface area contributed by atoms with Crippen molar-refractivity contribution in [3.63, 3.8) is 0 Å². The number of hydrogen-bond acceptors (Lipinski definition) is 4. The molecule has 0 spiro atoms. The molecule has 3 rings (SSSR count). The molecule has 8 heteroatoms. The molecule has 1 aliphatic heterocycles. The molecule has 2 aromatic carbocycles. The first-order chi connectivity index (χ1) is 11.5. The molecule has 0 bridgehead atoms. The predicted molar refractivity (Wildman–Crippen MR) is 87.8 cm³/mol. The van der Waals surface area contributed by atoms with Gasteiger partial charge in [0.1, 0.15) is 10.7 Å². The second-order valence-corrected chi connectivity index (χ2v) is 6.74. The first kappa shape index (κ1) is 16.1. The van der Waals surface area contributed by atoms with E-state index in [0.29, 0.717) is 12.1 Å². The van der Waals surface area contributed by atoms with Crippen LogP contribution in [0, 0.1) is 5.82 Å². The number of sulfonamides is 1. The van der Waals surface area contributed by atoms with E-state index in [9.17, 15) is 17.6 Å². The lowest BCUT2D eigenvalue weighted by Gasteiger charge is -2.17. The number of carbonyl (C=O) groups is 1. The van der Waals surface area contributed by atoms with E-state index in [1.165, 1.54) is 18.2 Å². The van der Waals surface area contributed by atoms with Gasteiger partial charge in [0.05, 0.1) is 5.69 Å². The number of nitrogens with one attached hydrogen (secondary N) is 2. The van der Waals surface area contributed by atoms with Crippen LogP contribution in [-0.2, 0) is 21.2 Å². The highest BCUT2D eigenvalue weighted by atomic mass is 32.2. The van der Waals surface area contributed by atoms with Crippen LogP contribution in [0.3, 0.4) is 0 Å². The lowest BCUT2D eigenvalue weighted by atomic mass is 10.1. The van der Waals surface area contributed by atoms with Crippen molar-refractivity contribution >= 4 is 27.5 Å². The van der Waals surface area contributed by atoms with E-state index < -0.39 is 15.9 Å². The second-order valence-electron chi connectivity index (χ2n) is 5.17. The number of halogens is 1. The molecule has 24 heavy (non-hydrogen) atoms. The fraction of sp³-hybridized carbons (Fsp3) is 0.125. The molecule has 0 radical (unpaired) electrons. The molecule has 6 nitrogen and oxygen atoms in total. The smallest absolute Gasteiger partial charge is 0.287 e. The minimum Gasteiger partial charge on any atom is -0.349 e. The molecule has 0 saturated heterocycles. The van der Waals surface area contributed by atoms with Gasteiger partial charge in [-0.3, -0.25) is 4.79 Å². The normalized spacial score (nSPS) is 15.0. The van der Waals surface area contributed by atoms with Crippen molar-refractivity contribution in [2.45, 2.75) is 11.3 Å². The van der Waals surface area contributed by atoms with E-state index in [-0.39, 0.29) is 23.1 Å². The lowest BCUT2D eigenvalue weighted by molar-refractivity contribution is -0.114. The Kier molecular flexibility index (Phi) is 4.30. The summed E-state index contributed by atoms with van der Waals surface area (Å²) >= 11 is 0. The Morgan fingerprint density at radius 2 is 1.96 bits per heavy atom. The Morgan fingerprint density at radius 1 is 1.17 bits per heavy atom. The van der Waals surface area contributed by atoms with Crippen LogP contribution in [0.15, 0.2) is 57.8 Å². The zero-order valence-corrected chi connectivity index (χ0v) is 13.3. The standard InChI is InChI=1S/C16H14FN3O3S/c17-12-5-3-4-11(10-12)8-9-18-16(21)15-19-13-6-1-2-7-14(13)24(22,23)20-15/h1-7,10H,8-9H2,(H,18,21)(H,19,20). The van der Waals surface area contributed by atoms with Crippen molar-refractivity contribution < 1.29 is 17.6 Å². The Labute approximate surface area is 138 Å². The minimum absolute atomic E-state index is 0.0290. The molecular formula is C16H14FN3O3S. The van der Waals surface area contributed by atoms with Gasteiger partial charge in [0.25, 0.3) is 15.9 Å². The number of nitrogens with zero attached hydrogens (tertiary/aromatic N) is 1. The summed E-state index contributed by atoms with van der Waals surface area (Å²) < 4.78 is 40.7. The fourth-order valence-corrected chi connectivity index (χ4v) is 3.42. The van der Waals surface area contributed by atoms with E-state index in [0.717, 1.165) is 5.56 Å². The maximum atomic E-state index is 13.1. The highest BCUT2D eigenvalue weighted by molar-refractivity contribution is 7.90. The van der Waals surface area contributed by atoms with Gasteiger partial charge in [-0.05, 0) is 36.2 Å². The van der Waals surface area contributed by atoms with Crippen LogP contribution < -0.4 is 10.6 Å². The summed E-state index contributed by atoms with van der Waals surface area (Å²) in [6.07, 6.45) is 0.417. The van der Waals surface area contributed by atoms with Gasteiger partial charge in [-0.15, -0.1) is 4.40 Å². The average Bonchev–Trinajstić information content (AvgIpc) is 2.54. The molecule has 0 atom stereocenters. The van der Waals surface area contributed by atoms with E-state index in [2.05, 4.69) is 15.0 Å². The van der Waals surface area contributed by atoms with Gasteiger partial charge in [-0.25, -0.2) is 4.39 Å². The number of carbonyl (C=O) groups excluding carboxylic acids is 1. The number of amidine groups is 1. The first-order valence-corrected chi connectivity index (χ1v) is 8.63. The van der Waals surface area contributed by atoms with Gasteiger partial charge < -0.3 is 10.6 Å². The van der Waals surface area contributed by atoms with E-state index in [4.69, 9.17) is 0 Å². The van der Waals surface area contributed by atoms with Crippen LogP contribution in [0.2, 0.25) is 0 Å². The number of fused-ring (bicyclic) bond motifs is 1. The van der Waals surface area contributed by atoms with Crippen LogP contribution in [0.1, 0.15) is 5.56 Å². The maximum absolute atomic E-state index is 13.1. The van der Waals surface area contributed by atoms with Crippen molar-refractivity contribution in [3.05, 3.63) is 59.9 Å². The first-order valence-electron chi connectivity index (χ1n) is 7.19. The second kappa shape index (κ2) is 6.40. The Bertz CT molecular complexity index is 926. The summed E-state index contributed by atoms with van der Waals surface area (Å²) in [5, 5.41) is 5.28. The van der Waals surface area contributed by atoms with Crippen molar-refractivity contribution in [1.82, 2.24) is 5.32 Å². The quantitative estimate of drug-likeness (QED) is 0.881. The highest BCUT2D eigenvalue weighted by Gasteiger charge is 2.27. The summed E-state index contributed by atoms with van der Waals surface area (Å²) in [6.45, 7) is 0.227. The summed E-state index contributed by atoms with van der Waals surface area (Å²) in [4.78, 5) is 12.1. The molecule has 2 aromatic rings. The SMILES string of the molecule is O=C(NCCc1cccc(F)c1)C1=NS(=O)(=O)c2ccccc2N1. The monoisotopic (exact) mass is 347 g/mol. The molecule has 2 N–H and O–H groups in total. The number of rotatable bonds is 4. The van der Waals surface area contributed by atoms with Crippen LogP contribution in [0.25, 0.3) is 0 Å². The molecule has 0 aromatic heterocycles. The van der Waals surface area contributed by atoms with Gasteiger partial charge >= 0.3 is 0 Å². The van der Waals surface area contributed by atoms with Crippen molar-refractivity contribution in [2.24, 2.45) is 4.40 Å². The number of hydrogen-bond donors (Lipinski definition) is 2. The number of benzene rings is 2. The molecule has 0 aliphatic carbocycles. The number of amides is 1. The average molecular weight is 347 g/mol. The van der Waals surface area contributed by atoms with Gasteiger partial charge in [0, 0.05) is 6.54 Å². The molecular weight excluding hydrogens is 333 g/mol. The van der Waals surface area contributed by atoms with Crippen molar-refractivity contribution in [3.8, 4) is 0 Å². The van der Waals surface area contributed by atoms with Crippen LogP contribution >= 0.6 is 0 Å². The number of anilines is 1. The van der Waals surface area contributed by atoms with E-state index in [1.807, 2.05) is 0 Å². The third-order valence-electron chi connectivity index (χ3n) is 3.43. The van der Waals surface area contributed by atoms with Gasteiger partial charge in [-0.1, -0.05) is 24.3 Å². The lowest BCUT2D eigenvalue weighted by Crippen LogP contribution is -2.39. The zero-order chi connectivity index (χ0) is 17.2. The fourth-order valence-electron chi connectivity index (χ4n) is 2.31. The van der Waals surface area contributed by atoms with Gasteiger partial charge in [-0.2, -0.15) is 8.42 Å². The summed E-state index contributed by atoms with van der Waals surface area (Å²) in [6, 6.07) is 12.3. The van der Waals surface area contributed by atoms with Gasteiger partial charge in [0.15, 0.2) is 0 Å². The molecule has 1 amide bonds. The number of para-hydroxylation sites is 1. The summed E-state index contributed by atoms with van der Waals surface area (Å²) in [5.74, 6) is -1.27. The van der Waals surface area contributed by atoms with Crippen molar-refractivity contribution in [1.29, 1.82) is 0 Å². The Balaban J connectivity index is 1.67. The zero-order valence-electron chi connectivity index (χ0n) is 12.5. The summed E-state index contributed by atoms with van der Waals surface area (Å²) in [5.41, 5.74) is 1.04. The summed E-state index contributed by atoms with van der Waals surface area (Å²) in [7, 11) is -3.90. The minimum atomic E-state index is -3.90.